The molecular formula is C12H18N4O2S. The highest BCUT2D eigenvalue weighted by Gasteiger charge is 2.36. The monoisotopic (exact) mass is 282 g/mol. The van der Waals surface area contributed by atoms with Crippen LogP contribution in [-0.4, -0.2) is 51.2 Å². The fraction of sp³-hybridized carbons (Fsp3) is 0.583. The van der Waals surface area contributed by atoms with Crippen LogP contribution in [0.25, 0.3) is 0 Å². The Morgan fingerprint density at radius 3 is 2.89 bits per heavy atom. The molecule has 104 valence electrons. The molecule has 1 N–H and O–H groups in total. The summed E-state index contributed by atoms with van der Waals surface area (Å²) in [5.41, 5.74) is 1.02. The second-order valence-corrected chi connectivity index (χ2v) is 5.53. The van der Waals surface area contributed by atoms with E-state index >= 15 is 0 Å². The lowest BCUT2D eigenvalue weighted by Crippen LogP contribution is -2.33. The molecule has 1 aromatic rings. The van der Waals surface area contributed by atoms with Crippen molar-refractivity contribution in [2.24, 2.45) is 7.05 Å². The van der Waals surface area contributed by atoms with Crippen LogP contribution in [0.2, 0.25) is 0 Å². The SMILES string of the molecule is CSCCC1NC(=O)N(CCc2cnn(C)c2)C1=O. The van der Waals surface area contributed by atoms with Crippen LogP contribution in [0.4, 0.5) is 4.79 Å². The van der Waals surface area contributed by atoms with Crippen LogP contribution in [0.15, 0.2) is 12.4 Å². The second kappa shape index (κ2) is 6.10. The summed E-state index contributed by atoms with van der Waals surface area (Å²) in [6.07, 6.45) is 6.96. The van der Waals surface area contributed by atoms with Gasteiger partial charge in [-0.05, 0) is 30.4 Å². The van der Waals surface area contributed by atoms with Gasteiger partial charge in [0.2, 0.25) is 0 Å². The van der Waals surface area contributed by atoms with E-state index in [2.05, 4.69) is 10.4 Å². The Balaban J connectivity index is 1.89. The molecule has 3 amide bonds. The number of carbonyl (C=O) groups excluding carboxylic acids is 2. The van der Waals surface area contributed by atoms with E-state index < -0.39 is 0 Å². The third kappa shape index (κ3) is 3.28. The van der Waals surface area contributed by atoms with Crippen LogP contribution in [0.3, 0.4) is 0 Å². The molecule has 7 heteroatoms. The number of urea groups is 1. The number of nitrogens with zero attached hydrogens (tertiary/aromatic N) is 3. The van der Waals surface area contributed by atoms with Gasteiger partial charge in [-0.3, -0.25) is 14.4 Å². The van der Waals surface area contributed by atoms with Crippen molar-refractivity contribution in [3.8, 4) is 0 Å². The summed E-state index contributed by atoms with van der Waals surface area (Å²) < 4.78 is 1.71. The molecule has 1 aliphatic rings. The van der Waals surface area contributed by atoms with Gasteiger partial charge in [-0.25, -0.2) is 4.79 Å². The minimum atomic E-state index is -0.353. The zero-order valence-corrected chi connectivity index (χ0v) is 11.9. The van der Waals surface area contributed by atoms with Crippen LogP contribution in [0, 0.1) is 0 Å². The summed E-state index contributed by atoms with van der Waals surface area (Å²) in [5, 5.41) is 6.80. The standard InChI is InChI=1S/C12H18N4O2S/c1-15-8-9(7-13-15)3-5-16-11(17)10(4-6-19-2)14-12(16)18/h7-8,10H,3-6H2,1-2H3,(H,14,18). The van der Waals surface area contributed by atoms with Crippen LogP contribution in [0.1, 0.15) is 12.0 Å². The van der Waals surface area contributed by atoms with Crippen molar-refractivity contribution < 1.29 is 9.59 Å². The molecule has 2 heterocycles. The maximum Gasteiger partial charge on any atom is 0.324 e. The Hall–Kier alpha value is -1.50. The Labute approximate surface area is 116 Å². The Kier molecular flexibility index (Phi) is 4.47. The Morgan fingerprint density at radius 2 is 2.26 bits per heavy atom. The summed E-state index contributed by atoms with van der Waals surface area (Å²) in [7, 11) is 1.84. The van der Waals surface area contributed by atoms with Gasteiger partial charge in [0.15, 0.2) is 0 Å². The Morgan fingerprint density at radius 1 is 1.47 bits per heavy atom. The highest BCUT2D eigenvalue weighted by atomic mass is 32.2. The maximum atomic E-state index is 12.1. The molecule has 1 aromatic heterocycles. The van der Waals surface area contributed by atoms with Gasteiger partial charge in [-0.1, -0.05) is 0 Å². The van der Waals surface area contributed by atoms with Gasteiger partial charge in [0.1, 0.15) is 6.04 Å². The first-order chi connectivity index (χ1) is 9.11. The number of amides is 3. The number of nitrogens with one attached hydrogen (secondary N) is 1. The molecule has 0 radical (unpaired) electrons. The average molecular weight is 282 g/mol. The van der Waals surface area contributed by atoms with Crippen molar-refractivity contribution in [1.29, 1.82) is 0 Å². The smallest absolute Gasteiger partial charge is 0.324 e. The van der Waals surface area contributed by atoms with Crippen LogP contribution < -0.4 is 5.32 Å². The van der Waals surface area contributed by atoms with Gasteiger partial charge in [-0.2, -0.15) is 16.9 Å². The average Bonchev–Trinajstić information content (AvgIpc) is 2.90. The van der Waals surface area contributed by atoms with Gasteiger partial charge in [0.05, 0.1) is 6.20 Å². The second-order valence-electron chi connectivity index (χ2n) is 4.55. The number of aryl methyl sites for hydroxylation is 1. The maximum absolute atomic E-state index is 12.1. The predicted molar refractivity (Wildman–Crippen MR) is 73.9 cm³/mol. The third-order valence-corrected chi connectivity index (χ3v) is 3.74. The molecule has 2 rings (SSSR count). The fourth-order valence-corrected chi connectivity index (χ4v) is 2.53. The lowest BCUT2D eigenvalue weighted by Gasteiger charge is -2.11. The minimum absolute atomic E-state index is 0.108. The zero-order chi connectivity index (χ0) is 13.8. The summed E-state index contributed by atoms with van der Waals surface area (Å²) in [5.74, 6) is 0.760. The van der Waals surface area contributed by atoms with Crippen LogP contribution in [-0.2, 0) is 18.3 Å². The van der Waals surface area contributed by atoms with E-state index in [1.165, 1.54) is 4.90 Å². The number of hydrogen-bond donors (Lipinski definition) is 1. The van der Waals surface area contributed by atoms with Crippen molar-refractivity contribution in [1.82, 2.24) is 20.0 Å². The first kappa shape index (κ1) is 13.9. The van der Waals surface area contributed by atoms with Gasteiger partial charge >= 0.3 is 6.03 Å². The molecule has 1 aliphatic heterocycles. The molecule has 0 saturated carbocycles. The summed E-state index contributed by atoms with van der Waals surface area (Å²) in [6.45, 7) is 0.409. The van der Waals surface area contributed by atoms with Gasteiger partial charge in [0.25, 0.3) is 5.91 Å². The van der Waals surface area contributed by atoms with Crippen molar-refractivity contribution in [3.63, 3.8) is 0 Å². The number of aromatic nitrogens is 2. The van der Waals surface area contributed by atoms with Gasteiger partial charge in [-0.15, -0.1) is 0 Å². The van der Waals surface area contributed by atoms with Gasteiger partial charge in [0, 0.05) is 19.8 Å². The van der Waals surface area contributed by atoms with E-state index in [-0.39, 0.29) is 18.0 Å². The van der Waals surface area contributed by atoms with E-state index in [0.29, 0.717) is 19.4 Å². The minimum Gasteiger partial charge on any atom is -0.326 e. The van der Waals surface area contributed by atoms with Crippen molar-refractivity contribution in [3.05, 3.63) is 18.0 Å². The highest BCUT2D eigenvalue weighted by Crippen LogP contribution is 2.12. The molecule has 0 aromatic carbocycles. The first-order valence-electron chi connectivity index (χ1n) is 6.20. The quantitative estimate of drug-likeness (QED) is 0.777. The first-order valence-corrected chi connectivity index (χ1v) is 7.59. The number of imide groups is 1. The van der Waals surface area contributed by atoms with E-state index in [4.69, 9.17) is 0 Å². The van der Waals surface area contributed by atoms with E-state index in [1.54, 1.807) is 22.6 Å². The molecule has 0 aliphatic carbocycles. The normalized spacial score (nSPS) is 19.1. The van der Waals surface area contributed by atoms with Crippen molar-refractivity contribution in [2.45, 2.75) is 18.9 Å². The van der Waals surface area contributed by atoms with Crippen molar-refractivity contribution >= 4 is 23.7 Å². The van der Waals surface area contributed by atoms with Crippen LogP contribution >= 0.6 is 11.8 Å². The number of hydrogen-bond acceptors (Lipinski definition) is 4. The van der Waals surface area contributed by atoms with E-state index in [9.17, 15) is 9.59 Å². The molecule has 1 unspecified atom stereocenters. The summed E-state index contributed by atoms with van der Waals surface area (Å²) >= 11 is 1.67. The predicted octanol–water partition coefficient (Wildman–Crippen LogP) is 0.636. The lowest BCUT2D eigenvalue weighted by atomic mass is 10.2. The highest BCUT2D eigenvalue weighted by molar-refractivity contribution is 7.98. The largest absolute Gasteiger partial charge is 0.326 e. The molecule has 0 bridgehead atoms. The number of rotatable bonds is 6. The summed E-state index contributed by atoms with van der Waals surface area (Å²) in [4.78, 5) is 25.1. The zero-order valence-electron chi connectivity index (χ0n) is 11.1. The molecule has 1 fully saturated rings. The lowest BCUT2D eigenvalue weighted by molar-refractivity contribution is -0.127. The number of carbonyl (C=O) groups is 2. The number of thioether (sulfide) groups is 1. The molecule has 0 spiro atoms. The summed E-state index contributed by atoms with van der Waals surface area (Å²) in [6, 6.07) is -0.631. The van der Waals surface area contributed by atoms with Gasteiger partial charge < -0.3 is 5.32 Å². The van der Waals surface area contributed by atoms with Crippen LogP contribution in [0.5, 0.6) is 0 Å². The topological polar surface area (TPSA) is 67.2 Å². The third-order valence-electron chi connectivity index (χ3n) is 3.10. The molecule has 19 heavy (non-hydrogen) atoms. The molecule has 1 saturated heterocycles. The molecule has 6 nitrogen and oxygen atoms in total. The van der Waals surface area contributed by atoms with E-state index in [1.807, 2.05) is 19.5 Å². The molecule has 1 atom stereocenters. The molecular weight excluding hydrogens is 264 g/mol. The fourth-order valence-electron chi connectivity index (χ4n) is 2.06. The van der Waals surface area contributed by atoms with E-state index in [0.717, 1.165) is 11.3 Å². The van der Waals surface area contributed by atoms with Crippen molar-refractivity contribution in [2.75, 3.05) is 18.6 Å². The Bertz CT molecular complexity index is 474.